The molecule has 2 saturated carbocycles. The quantitative estimate of drug-likeness (QED) is 0.143. The third-order valence-corrected chi connectivity index (χ3v) is 9.36. The third-order valence-electron chi connectivity index (χ3n) is 9.36. The second kappa shape index (κ2) is 18.3. The summed E-state index contributed by atoms with van der Waals surface area (Å²) in [5, 5.41) is 8.98. The van der Waals surface area contributed by atoms with Crippen molar-refractivity contribution in [3.63, 3.8) is 0 Å². The number of epoxide rings is 4. The van der Waals surface area contributed by atoms with E-state index in [4.69, 9.17) is 38.3 Å². The van der Waals surface area contributed by atoms with Crippen LogP contribution in [-0.2, 0) is 49.2 Å². The molecule has 0 radical (unpaired) electrons. The number of carbonyl (C=O) groups excluding carboxylic acids is 2. The van der Waals surface area contributed by atoms with Crippen LogP contribution in [0.2, 0.25) is 0 Å². The molecular formula is C36H54O10. The van der Waals surface area contributed by atoms with E-state index in [-0.39, 0.29) is 11.9 Å². The Morgan fingerprint density at radius 2 is 1.22 bits per heavy atom. The van der Waals surface area contributed by atoms with Gasteiger partial charge in [-0.2, -0.15) is 0 Å². The van der Waals surface area contributed by atoms with Crippen LogP contribution in [0.1, 0.15) is 89.5 Å². The number of aryl methyl sites for hydroxylation is 1. The van der Waals surface area contributed by atoms with Crippen molar-refractivity contribution in [2.24, 2.45) is 11.8 Å². The maximum Gasteiger partial charge on any atom is 0.305 e. The lowest BCUT2D eigenvalue weighted by Gasteiger charge is -2.18. The molecule has 46 heavy (non-hydrogen) atoms. The van der Waals surface area contributed by atoms with Crippen molar-refractivity contribution in [2.75, 3.05) is 39.6 Å². The first kappa shape index (κ1) is 35.1. The number of ether oxygens (including phenoxy) is 7. The first-order valence-corrected chi connectivity index (χ1v) is 17.7. The van der Waals surface area contributed by atoms with Gasteiger partial charge in [-0.25, -0.2) is 0 Å². The first-order chi connectivity index (χ1) is 22.4. The number of aromatic hydroxyl groups is 1. The number of hydrogen-bond donors (Lipinski definition) is 1. The predicted molar refractivity (Wildman–Crippen MR) is 169 cm³/mol. The van der Waals surface area contributed by atoms with Gasteiger partial charge in [0.2, 0.25) is 0 Å². The molecule has 258 valence electrons. The Kier molecular flexibility index (Phi) is 14.0. The lowest BCUT2D eigenvalue weighted by Crippen LogP contribution is -2.20. The molecule has 8 atom stereocenters. The average Bonchev–Trinajstić information content (AvgIpc) is 3.87. The van der Waals surface area contributed by atoms with Crippen molar-refractivity contribution < 1.29 is 47.9 Å². The number of rotatable bonds is 16. The Bertz CT molecular complexity index is 997. The SMILES string of the molecule is C(OCC1CO1)C1CO1.CCCCc1ccc(O)cc1.O=C(CCCCC(=O)OCC1CCC2OC2C1)OCC1CCC2OC2C1. The smallest absolute Gasteiger partial charge is 0.305 e. The molecule has 1 aromatic carbocycles. The molecule has 7 rings (SSSR count). The second-order valence-corrected chi connectivity index (χ2v) is 13.6. The molecular weight excluding hydrogens is 592 g/mol. The van der Waals surface area contributed by atoms with Gasteiger partial charge in [0.05, 0.1) is 64.1 Å². The van der Waals surface area contributed by atoms with Crippen molar-refractivity contribution in [1.29, 1.82) is 0 Å². The van der Waals surface area contributed by atoms with Gasteiger partial charge in [0, 0.05) is 12.8 Å². The van der Waals surface area contributed by atoms with Gasteiger partial charge >= 0.3 is 11.9 Å². The van der Waals surface area contributed by atoms with Gasteiger partial charge < -0.3 is 38.3 Å². The molecule has 10 nitrogen and oxygen atoms in total. The number of phenols is 1. The zero-order valence-corrected chi connectivity index (χ0v) is 27.5. The van der Waals surface area contributed by atoms with Crippen molar-refractivity contribution >= 4 is 11.9 Å². The average molecular weight is 647 g/mol. The fraction of sp³-hybridized carbons (Fsp3) is 0.778. The highest BCUT2D eigenvalue weighted by atomic mass is 16.6. The first-order valence-electron chi connectivity index (χ1n) is 17.7. The zero-order valence-electron chi connectivity index (χ0n) is 27.5. The van der Waals surface area contributed by atoms with E-state index >= 15 is 0 Å². The number of unbranched alkanes of at least 4 members (excludes halogenated alkanes) is 2. The molecule has 0 spiro atoms. The lowest BCUT2D eigenvalue weighted by atomic mass is 9.90. The molecule has 2 aliphatic carbocycles. The maximum absolute atomic E-state index is 11.8. The van der Waals surface area contributed by atoms with Crippen molar-refractivity contribution in [3.8, 4) is 5.75 Å². The number of benzene rings is 1. The van der Waals surface area contributed by atoms with E-state index in [2.05, 4.69) is 6.92 Å². The van der Waals surface area contributed by atoms with Crippen molar-refractivity contribution in [1.82, 2.24) is 0 Å². The van der Waals surface area contributed by atoms with Gasteiger partial charge in [0.1, 0.15) is 18.0 Å². The van der Waals surface area contributed by atoms with Gasteiger partial charge in [-0.3, -0.25) is 9.59 Å². The van der Waals surface area contributed by atoms with E-state index < -0.39 is 0 Å². The van der Waals surface area contributed by atoms with Crippen LogP contribution >= 0.6 is 0 Å². The molecule has 1 aromatic rings. The Labute approximate surface area is 273 Å². The van der Waals surface area contributed by atoms with Crippen LogP contribution < -0.4 is 0 Å². The molecule has 10 heteroatoms. The summed E-state index contributed by atoms with van der Waals surface area (Å²) in [7, 11) is 0. The number of hydrogen-bond acceptors (Lipinski definition) is 10. The summed E-state index contributed by atoms with van der Waals surface area (Å²) in [4.78, 5) is 23.6. The summed E-state index contributed by atoms with van der Waals surface area (Å²) >= 11 is 0. The zero-order chi connectivity index (χ0) is 32.1. The molecule has 4 aliphatic heterocycles. The van der Waals surface area contributed by atoms with E-state index in [1.165, 1.54) is 18.4 Å². The van der Waals surface area contributed by atoms with Gasteiger partial charge in [-0.05, 0) is 93.7 Å². The van der Waals surface area contributed by atoms with Crippen molar-refractivity contribution in [2.45, 2.75) is 127 Å². The Hall–Kier alpha value is -2.24. The fourth-order valence-corrected chi connectivity index (χ4v) is 6.08. The highest BCUT2D eigenvalue weighted by molar-refractivity contribution is 5.70. The topological polar surface area (TPSA) is 132 Å². The Morgan fingerprint density at radius 1 is 0.717 bits per heavy atom. The summed E-state index contributed by atoms with van der Waals surface area (Å²) in [5.74, 6) is 0.949. The Balaban J connectivity index is 0.000000170. The normalized spacial score (nSPS) is 31.0. The van der Waals surface area contributed by atoms with Crippen LogP contribution in [0.15, 0.2) is 24.3 Å². The summed E-state index contributed by atoms with van der Waals surface area (Å²) in [5.41, 5.74) is 1.31. The van der Waals surface area contributed by atoms with Crippen molar-refractivity contribution in [3.05, 3.63) is 29.8 Å². The molecule has 1 N–H and O–H groups in total. The van der Waals surface area contributed by atoms with Crippen LogP contribution in [0.4, 0.5) is 0 Å². The van der Waals surface area contributed by atoms with Crippen LogP contribution in [-0.4, -0.2) is 93.3 Å². The fourth-order valence-electron chi connectivity index (χ4n) is 6.08. The summed E-state index contributed by atoms with van der Waals surface area (Å²) in [6, 6.07) is 7.44. The highest BCUT2D eigenvalue weighted by Gasteiger charge is 2.44. The molecule has 6 aliphatic rings. The van der Waals surface area contributed by atoms with Gasteiger partial charge in [-0.1, -0.05) is 25.5 Å². The number of esters is 2. The predicted octanol–water partition coefficient (Wildman–Crippen LogP) is 5.30. The molecule has 6 fully saturated rings. The highest BCUT2D eigenvalue weighted by Crippen LogP contribution is 2.40. The molecule has 4 saturated heterocycles. The molecule has 0 bridgehead atoms. The monoisotopic (exact) mass is 646 g/mol. The molecule has 8 unspecified atom stereocenters. The minimum Gasteiger partial charge on any atom is -0.508 e. The Morgan fingerprint density at radius 3 is 1.65 bits per heavy atom. The minimum absolute atomic E-state index is 0.154. The maximum atomic E-state index is 11.8. The van der Waals surface area contributed by atoms with E-state index in [1.807, 2.05) is 12.1 Å². The lowest BCUT2D eigenvalue weighted by molar-refractivity contribution is -0.147. The summed E-state index contributed by atoms with van der Waals surface area (Å²) in [6.45, 7) is 6.47. The van der Waals surface area contributed by atoms with Gasteiger partial charge in [0.15, 0.2) is 0 Å². The van der Waals surface area contributed by atoms with E-state index in [9.17, 15) is 9.59 Å². The van der Waals surface area contributed by atoms with Gasteiger partial charge in [-0.15, -0.1) is 0 Å². The minimum atomic E-state index is -0.154. The largest absolute Gasteiger partial charge is 0.508 e. The van der Waals surface area contributed by atoms with Crippen LogP contribution in [0.25, 0.3) is 0 Å². The number of carbonyl (C=O) groups is 2. The summed E-state index contributed by atoms with van der Waals surface area (Å²) in [6.07, 6.45) is 14.7. The van der Waals surface area contributed by atoms with E-state index in [0.717, 1.165) is 71.4 Å². The van der Waals surface area contributed by atoms with Crippen LogP contribution in [0, 0.1) is 11.8 Å². The van der Waals surface area contributed by atoms with Crippen LogP contribution in [0.3, 0.4) is 0 Å². The molecule has 0 aromatic heterocycles. The van der Waals surface area contributed by atoms with E-state index in [1.54, 1.807) is 12.1 Å². The summed E-state index contributed by atoms with van der Waals surface area (Å²) < 4.78 is 36.9. The standard InChI is InChI=1S/C20H30O6.C10H14O.C6H10O3/c21-19(23-11-13-5-7-15-17(9-13)25-15)3-1-2-4-20(22)24-12-14-6-8-16-18(10-14)26-16;1-2-3-4-9-5-7-10(11)8-6-9;1(5-3-8-5)7-2-6-4-9-6/h13-18H,1-12H2;5-8,11H,2-4H2,1H3;5-6H,1-4H2. The van der Waals surface area contributed by atoms with Crippen LogP contribution in [0.5, 0.6) is 5.75 Å². The third kappa shape index (κ3) is 13.9. The second-order valence-electron chi connectivity index (χ2n) is 13.6. The molecule has 0 amide bonds. The van der Waals surface area contributed by atoms with Gasteiger partial charge in [0.25, 0.3) is 0 Å². The van der Waals surface area contributed by atoms with E-state index in [0.29, 0.717) is 93.1 Å². The molecule has 4 heterocycles. The number of fused-ring (bicyclic) bond motifs is 2. The number of phenolic OH excluding ortho intramolecular Hbond substituents is 1.